The Balaban J connectivity index is 3.03. The SMILES string of the molecule is O=P(O)(O)OCCCCCCCCO. The lowest BCUT2D eigenvalue weighted by atomic mass is 10.1. The summed E-state index contributed by atoms with van der Waals surface area (Å²) < 4.78 is 14.5. The summed E-state index contributed by atoms with van der Waals surface area (Å²) in [6.45, 7) is 0.353. The molecular weight excluding hydrogens is 207 g/mol. The van der Waals surface area contributed by atoms with E-state index >= 15 is 0 Å². The first-order valence-electron chi connectivity index (χ1n) is 4.87. The fourth-order valence-corrected chi connectivity index (χ4v) is 1.47. The highest BCUT2D eigenvalue weighted by molar-refractivity contribution is 7.46. The van der Waals surface area contributed by atoms with E-state index in [0.29, 0.717) is 6.42 Å². The summed E-state index contributed by atoms with van der Waals surface area (Å²) in [5.74, 6) is 0. The van der Waals surface area contributed by atoms with E-state index < -0.39 is 7.82 Å². The van der Waals surface area contributed by atoms with Crippen LogP contribution >= 0.6 is 7.82 Å². The monoisotopic (exact) mass is 226 g/mol. The number of unbranched alkanes of at least 4 members (excludes halogenated alkanes) is 5. The Kier molecular flexibility index (Phi) is 8.43. The molecule has 0 aliphatic heterocycles. The van der Waals surface area contributed by atoms with Crippen molar-refractivity contribution in [2.75, 3.05) is 13.2 Å². The minimum atomic E-state index is -4.26. The second-order valence-corrected chi connectivity index (χ2v) is 4.41. The van der Waals surface area contributed by atoms with Crippen LogP contribution in [-0.2, 0) is 9.09 Å². The van der Waals surface area contributed by atoms with Gasteiger partial charge in [0.2, 0.25) is 0 Å². The first-order valence-corrected chi connectivity index (χ1v) is 6.40. The summed E-state index contributed by atoms with van der Waals surface area (Å²) in [4.78, 5) is 16.7. The van der Waals surface area contributed by atoms with Crippen molar-refractivity contribution in [1.82, 2.24) is 0 Å². The predicted octanol–water partition coefficient (Wildman–Crippen LogP) is 1.43. The highest BCUT2D eigenvalue weighted by Crippen LogP contribution is 2.35. The van der Waals surface area contributed by atoms with Crippen molar-refractivity contribution in [3.05, 3.63) is 0 Å². The molecule has 0 atom stereocenters. The van der Waals surface area contributed by atoms with Crippen molar-refractivity contribution in [3.8, 4) is 0 Å². The molecule has 86 valence electrons. The van der Waals surface area contributed by atoms with Crippen molar-refractivity contribution >= 4 is 7.82 Å². The van der Waals surface area contributed by atoms with Gasteiger partial charge in [-0.25, -0.2) is 4.57 Å². The van der Waals surface area contributed by atoms with Crippen LogP contribution in [0.15, 0.2) is 0 Å². The number of aliphatic hydroxyl groups excluding tert-OH is 1. The number of hydrogen-bond acceptors (Lipinski definition) is 3. The summed E-state index contributed by atoms with van der Waals surface area (Å²) in [6.07, 6.45) is 5.49. The number of phosphoric acid groups is 1. The zero-order valence-electron chi connectivity index (χ0n) is 8.26. The van der Waals surface area contributed by atoms with Gasteiger partial charge in [-0.3, -0.25) is 4.52 Å². The fraction of sp³-hybridized carbons (Fsp3) is 1.00. The molecule has 0 fully saturated rings. The van der Waals surface area contributed by atoms with Gasteiger partial charge in [-0.05, 0) is 12.8 Å². The second kappa shape index (κ2) is 8.38. The van der Waals surface area contributed by atoms with Gasteiger partial charge in [-0.15, -0.1) is 0 Å². The van der Waals surface area contributed by atoms with Crippen molar-refractivity contribution < 1.29 is 24.0 Å². The average molecular weight is 226 g/mol. The highest BCUT2D eigenvalue weighted by atomic mass is 31.2. The van der Waals surface area contributed by atoms with Gasteiger partial charge in [-0.1, -0.05) is 25.7 Å². The summed E-state index contributed by atoms with van der Waals surface area (Å²) in [7, 11) is -4.26. The summed E-state index contributed by atoms with van der Waals surface area (Å²) >= 11 is 0. The van der Waals surface area contributed by atoms with Crippen LogP contribution in [0.25, 0.3) is 0 Å². The molecule has 0 aromatic carbocycles. The van der Waals surface area contributed by atoms with Crippen molar-refractivity contribution in [2.45, 2.75) is 38.5 Å². The fourth-order valence-electron chi connectivity index (χ4n) is 1.10. The van der Waals surface area contributed by atoms with Gasteiger partial charge in [0, 0.05) is 6.61 Å². The quantitative estimate of drug-likeness (QED) is 0.409. The van der Waals surface area contributed by atoms with Gasteiger partial charge in [-0.2, -0.15) is 0 Å². The highest BCUT2D eigenvalue weighted by Gasteiger charge is 2.12. The predicted molar refractivity (Wildman–Crippen MR) is 52.8 cm³/mol. The Labute approximate surface area is 84.3 Å². The summed E-state index contributed by atoms with van der Waals surface area (Å²) in [6, 6.07) is 0. The molecule has 0 aromatic rings. The largest absolute Gasteiger partial charge is 0.469 e. The molecule has 0 aliphatic carbocycles. The van der Waals surface area contributed by atoms with Crippen LogP contribution in [0.3, 0.4) is 0 Å². The molecular formula is C8H19O5P. The van der Waals surface area contributed by atoms with Crippen molar-refractivity contribution in [2.24, 2.45) is 0 Å². The molecule has 0 unspecified atom stereocenters. The van der Waals surface area contributed by atoms with Gasteiger partial charge < -0.3 is 14.9 Å². The van der Waals surface area contributed by atoms with Crippen molar-refractivity contribution in [3.63, 3.8) is 0 Å². The Morgan fingerprint density at radius 1 is 0.929 bits per heavy atom. The van der Waals surface area contributed by atoms with Crippen LogP contribution in [0.2, 0.25) is 0 Å². The molecule has 0 saturated carbocycles. The smallest absolute Gasteiger partial charge is 0.396 e. The van der Waals surface area contributed by atoms with Crippen LogP contribution < -0.4 is 0 Å². The minimum absolute atomic E-state index is 0.115. The molecule has 5 nitrogen and oxygen atoms in total. The first-order chi connectivity index (χ1) is 6.56. The number of phosphoric ester groups is 1. The lowest BCUT2D eigenvalue weighted by Gasteiger charge is -2.04. The van der Waals surface area contributed by atoms with Crippen LogP contribution in [0.5, 0.6) is 0 Å². The van der Waals surface area contributed by atoms with E-state index in [4.69, 9.17) is 14.9 Å². The van der Waals surface area contributed by atoms with Gasteiger partial charge in [0.05, 0.1) is 6.61 Å². The zero-order chi connectivity index (χ0) is 10.9. The maximum absolute atomic E-state index is 10.2. The Hall–Kier alpha value is 0.0700. The lowest BCUT2D eigenvalue weighted by molar-refractivity contribution is 0.193. The van der Waals surface area contributed by atoms with E-state index in [1.54, 1.807) is 0 Å². The number of aliphatic hydroxyl groups is 1. The van der Waals surface area contributed by atoms with Gasteiger partial charge in [0.1, 0.15) is 0 Å². The molecule has 0 heterocycles. The molecule has 0 amide bonds. The average Bonchev–Trinajstić information content (AvgIpc) is 2.08. The van der Waals surface area contributed by atoms with E-state index in [2.05, 4.69) is 4.52 Å². The van der Waals surface area contributed by atoms with Gasteiger partial charge in [0.15, 0.2) is 0 Å². The van der Waals surface area contributed by atoms with Crippen LogP contribution in [-0.4, -0.2) is 28.1 Å². The van der Waals surface area contributed by atoms with E-state index in [9.17, 15) is 4.57 Å². The van der Waals surface area contributed by atoms with E-state index in [0.717, 1.165) is 32.1 Å². The lowest BCUT2D eigenvalue weighted by Crippen LogP contribution is -1.92. The second-order valence-electron chi connectivity index (χ2n) is 3.17. The van der Waals surface area contributed by atoms with Crippen LogP contribution in [0.4, 0.5) is 0 Å². The van der Waals surface area contributed by atoms with Crippen LogP contribution in [0.1, 0.15) is 38.5 Å². The topological polar surface area (TPSA) is 87.0 Å². The molecule has 14 heavy (non-hydrogen) atoms. The Morgan fingerprint density at radius 3 is 1.93 bits per heavy atom. The number of hydrogen-bond donors (Lipinski definition) is 3. The third-order valence-electron chi connectivity index (χ3n) is 1.81. The summed E-state index contributed by atoms with van der Waals surface area (Å²) in [5.41, 5.74) is 0. The zero-order valence-corrected chi connectivity index (χ0v) is 9.16. The van der Waals surface area contributed by atoms with E-state index in [1.165, 1.54) is 0 Å². The third kappa shape index (κ3) is 12.1. The minimum Gasteiger partial charge on any atom is -0.396 e. The molecule has 0 spiro atoms. The standard InChI is InChI=1S/C8H19O5P/c9-7-5-3-1-2-4-6-8-13-14(10,11)12/h9H,1-8H2,(H2,10,11,12). The van der Waals surface area contributed by atoms with Crippen LogP contribution in [0, 0.1) is 0 Å². The summed E-state index contributed by atoms with van der Waals surface area (Å²) in [5, 5.41) is 8.49. The molecule has 0 saturated heterocycles. The van der Waals surface area contributed by atoms with Gasteiger partial charge in [0.25, 0.3) is 0 Å². The molecule has 0 bridgehead atoms. The molecule has 0 rings (SSSR count). The number of rotatable bonds is 9. The van der Waals surface area contributed by atoms with E-state index in [1.807, 2.05) is 0 Å². The maximum Gasteiger partial charge on any atom is 0.469 e. The Bertz CT molecular complexity index is 167. The maximum atomic E-state index is 10.2. The Morgan fingerprint density at radius 2 is 1.43 bits per heavy atom. The molecule has 0 aromatic heterocycles. The van der Waals surface area contributed by atoms with Gasteiger partial charge >= 0.3 is 7.82 Å². The molecule has 6 heteroatoms. The molecule has 0 aliphatic rings. The molecule has 3 N–H and O–H groups in total. The first kappa shape index (κ1) is 14.1. The van der Waals surface area contributed by atoms with E-state index in [-0.39, 0.29) is 13.2 Å². The normalized spacial score (nSPS) is 11.9. The van der Waals surface area contributed by atoms with Crippen molar-refractivity contribution in [1.29, 1.82) is 0 Å². The molecule has 0 radical (unpaired) electrons. The third-order valence-corrected chi connectivity index (χ3v) is 2.33.